The van der Waals surface area contributed by atoms with E-state index in [4.69, 9.17) is 10.5 Å². The molecule has 15 heavy (non-hydrogen) atoms. The number of hydrogen-bond acceptors (Lipinski definition) is 4. The van der Waals surface area contributed by atoms with Crippen molar-refractivity contribution in [3.8, 4) is 5.75 Å². The zero-order valence-electron chi connectivity index (χ0n) is 7.81. The van der Waals surface area contributed by atoms with Crippen molar-refractivity contribution in [2.75, 3.05) is 5.73 Å². The molecule has 0 aliphatic heterocycles. The second-order valence-corrected chi connectivity index (χ2v) is 3.88. The SMILES string of the molecule is Nc1ccc(Br)cc1OCc1ccon1. The Labute approximate surface area is 95.1 Å². The Hall–Kier alpha value is -1.49. The molecule has 1 heterocycles. The Morgan fingerprint density at radius 3 is 3.00 bits per heavy atom. The van der Waals surface area contributed by atoms with E-state index in [1.165, 1.54) is 6.26 Å². The number of benzene rings is 1. The average molecular weight is 269 g/mol. The molecule has 1 aromatic carbocycles. The van der Waals surface area contributed by atoms with Crippen LogP contribution >= 0.6 is 15.9 Å². The third-order valence-electron chi connectivity index (χ3n) is 1.84. The second-order valence-electron chi connectivity index (χ2n) is 2.96. The molecule has 0 bridgehead atoms. The van der Waals surface area contributed by atoms with Crippen LogP contribution in [0.15, 0.2) is 39.5 Å². The van der Waals surface area contributed by atoms with E-state index in [-0.39, 0.29) is 0 Å². The summed E-state index contributed by atoms with van der Waals surface area (Å²) in [5, 5.41) is 3.73. The van der Waals surface area contributed by atoms with Crippen molar-refractivity contribution < 1.29 is 9.26 Å². The van der Waals surface area contributed by atoms with Gasteiger partial charge >= 0.3 is 0 Å². The quantitative estimate of drug-likeness (QED) is 0.870. The molecule has 78 valence electrons. The Bertz CT molecular complexity index is 443. The summed E-state index contributed by atoms with van der Waals surface area (Å²) in [6.07, 6.45) is 1.50. The standard InChI is InChI=1S/C10H9BrN2O2/c11-7-1-2-9(12)10(5-7)14-6-8-3-4-15-13-8/h1-5H,6,12H2. The molecular weight excluding hydrogens is 260 g/mol. The van der Waals surface area contributed by atoms with Crippen molar-refractivity contribution in [2.45, 2.75) is 6.61 Å². The molecule has 0 atom stereocenters. The van der Waals surface area contributed by atoms with Gasteiger partial charge in [-0.2, -0.15) is 0 Å². The fourth-order valence-corrected chi connectivity index (χ4v) is 1.44. The number of nitrogens with two attached hydrogens (primary N) is 1. The fraction of sp³-hybridized carbons (Fsp3) is 0.100. The van der Waals surface area contributed by atoms with Crippen molar-refractivity contribution in [3.63, 3.8) is 0 Å². The molecule has 0 aliphatic rings. The summed E-state index contributed by atoms with van der Waals surface area (Å²) in [6, 6.07) is 7.20. The summed E-state index contributed by atoms with van der Waals surface area (Å²) < 4.78 is 11.1. The van der Waals surface area contributed by atoms with Gasteiger partial charge in [-0.25, -0.2) is 0 Å². The first-order chi connectivity index (χ1) is 7.25. The molecule has 0 spiro atoms. The molecule has 0 aliphatic carbocycles. The van der Waals surface area contributed by atoms with Gasteiger partial charge in [-0.05, 0) is 18.2 Å². The molecule has 0 radical (unpaired) electrons. The van der Waals surface area contributed by atoms with Crippen LogP contribution < -0.4 is 10.5 Å². The highest BCUT2D eigenvalue weighted by Crippen LogP contribution is 2.26. The largest absolute Gasteiger partial charge is 0.485 e. The Morgan fingerprint density at radius 1 is 1.40 bits per heavy atom. The highest BCUT2D eigenvalue weighted by molar-refractivity contribution is 9.10. The van der Waals surface area contributed by atoms with Crippen molar-refractivity contribution in [2.24, 2.45) is 0 Å². The lowest BCUT2D eigenvalue weighted by atomic mass is 10.3. The number of hydrogen-bond donors (Lipinski definition) is 1. The van der Waals surface area contributed by atoms with Crippen LogP contribution in [0.3, 0.4) is 0 Å². The van der Waals surface area contributed by atoms with E-state index < -0.39 is 0 Å². The zero-order valence-corrected chi connectivity index (χ0v) is 9.40. The molecule has 0 unspecified atom stereocenters. The van der Waals surface area contributed by atoms with Gasteiger partial charge in [-0.15, -0.1) is 0 Å². The van der Waals surface area contributed by atoms with E-state index in [1.807, 2.05) is 12.1 Å². The van der Waals surface area contributed by atoms with Gasteiger partial charge in [0.2, 0.25) is 0 Å². The molecule has 2 N–H and O–H groups in total. The minimum Gasteiger partial charge on any atom is -0.485 e. The predicted octanol–water partition coefficient (Wildman–Crippen LogP) is 2.60. The van der Waals surface area contributed by atoms with Crippen LogP contribution in [0.5, 0.6) is 5.75 Å². The normalized spacial score (nSPS) is 10.2. The van der Waals surface area contributed by atoms with Gasteiger partial charge in [0.1, 0.15) is 24.3 Å². The van der Waals surface area contributed by atoms with E-state index in [1.54, 1.807) is 12.1 Å². The van der Waals surface area contributed by atoms with Crippen molar-refractivity contribution in [1.29, 1.82) is 0 Å². The number of halogens is 1. The summed E-state index contributed by atoms with van der Waals surface area (Å²) in [5.74, 6) is 0.632. The Morgan fingerprint density at radius 2 is 2.27 bits per heavy atom. The van der Waals surface area contributed by atoms with Crippen molar-refractivity contribution >= 4 is 21.6 Å². The lowest BCUT2D eigenvalue weighted by Gasteiger charge is -2.07. The van der Waals surface area contributed by atoms with Gasteiger partial charge in [-0.3, -0.25) is 0 Å². The smallest absolute Gasteiger partial charge is 0.143 e. The maximum atomic E-state index is 5.74. The van der Waals surface area contributed by atoms with E-state index in [9.17, 15) is 0 Å². The first-order valence-electron chi connectivity index (χ1n) is 4.33. The zero-order chi connectivity index (χ0) is 10.7. The minimum absolute atomic E-state index is 0.344. The number of aromatic nitrogens is 1. The number of anilines is 1. The third-order valence-corrected chi connectivity index (χ3v) is 2.34. The monoisotopic (exact) mass is 268 g/mol. The highest BCUT2D eigenvalue weighted by Gasteiger charge is 2.03. The first-order valence-corrected chi connectivity index (χ1v) is 5.12. The maximum absolute atomic E-state index is 5.74. The average Bonchev–Trinajstić information content (AvgIpc) is 2.72. The molecule has 0 saturated carbocycles. The minimum atomic E-state index is 0.344. The van der Waals surface area contributed by atoms with E-state index in [0.717, 1.165) is 10.2 Å². The molecule has 2 rings (SSSR count). The Kier molecular flexibility index (Phi) is 2.91. The van der Waals surface area contributed by atoms with Gasteiger partial charge in [0, 0.05) is 10.5 Å². The van der Waals surface area contributed by atoms with Crippen LogP contribution in [0.1, 0.15) is 5.69 Å². The van der Waals surface area contributed by atoms with Crippen LogP contribution in [-0.2, 0) is 6.61 Å². The molecule has 2 aromatic rings. The van der Waals surface area contributed by atoms with Crippen molar-refractivity contribution in [3.05, 3.63) is 40.7 Å². The second kappa shape index (κ2) is 4.35. The van der Waals surface area contributed by atoms with Crippen LogP contribution in [0.25, 0.3) is 0 Å². The third kappa shape index (κ3) is 2.50. The topological polar surface area (TPSA) is 61.3 Å². The summed E-state index contributed by atoms with van der Waals surface area (Å²) in [7, 11) is 0. The van der Waals surface area contributed by atoms with Crippen molar-refractivity contribution in [1.82, 2.24) is 5.16 Å². The molecule has 4 nitrogen and oxygen atoms in total. The van der Waals surface area contributed by atoms with Gasteiger partial charge in [0.15, 0.2) is 0 Å². The van der Waals surface area contributed by atoms with Crippen LogP contribution in [-0.4, -0.2) is 5.16 Å². The predicted molar refractivity (Wildman–Crippen MR) is 59.4 cm³/mol. The fourth-order valence-electron chi connectivity index (χ4n) is 1.10. The van der Waals surface area contributed by atoms with E-state index in [0.29, 0.717) is 18.0 Å². The van der Waals surface area contributed by atoms with Gasteiger partial charge < -0.3 is 15.0 Å². The molecule has 5 heteroatoms. The molecular formula is C10H9BrN2O2. The van der Waals surface area contributed by atoms with Gasteiger partial charge in [0.05, 0.1) is 5.69 Å². The number of rotatable bonds is 3. The van der Waals surface area contributed by atoms with Crippen LogP contribution in [0.4, 0.5) is 5.69 Å². The first kappa shape index (κ1) is 10.0. The number of nitrogen functional groups attached to an aromatic ring is 1. The summed E-state index contributed by atoms with van der Waals surface area (Å²) in [5.41, 5.74) is 7.07. The Balaban J connectivity index is 2.07. The van der Waals surface area contributed by atoms with E-state index in [2.05, 4.69) is 25.6 Å². The number of nitrogens with zero attached hydrogens (tertiary/aromatic N) is 1. The lowest BCUT2D eigenvalue weighted by molar-refractivity contribution is 0.290. The molecule has 0 saturated heterocycles. The van der Waals surface area contributed by atoms with E-state index >= 15 is 0 Å². The molecule has 0 fully saturated rings. The summed E-state index contributed by atoms with van der Waals surface area (Å²) in [4.78, 5) is 0. The lowest BCUT2D eigenvalue weighted by Crippen LogP contribution is -1.98. The highest BCUT2D eigenvalue weighted by atomic mass is 79.9. The summed E-state index contributed by atoms with van der Waals surface area (Å²) in [6.45, 7) is 0.344. The van der Waals surface area contributed by atoms with Crippen LogP contribution in [0.2, 0.25) is 0 Å². The van der Waals surface area contributed by atoms with Gasteiger partial charge in [-0.1, -0.05) is 21.1 Å². The number of ether oxygens (including phenoxy) is 1. The maximum Gasteiger partial charge on any atom is 0.143 e. The van der Waals surface area contributed by atoms with Gasteiger partial charge in [0.25, 0.3) is 0 Å². The molecule has 1 aromatic heterocycles. The van der Waals surface area contributed by atoms with Crippen LogP contribution in [0, 0.1) is 0 Å². The summed E-state index contributed by atoms with van der Waals surface area (Å²) >= 11 is 3.35. The molecule has 0 amide bonds.